The third-order valence-electron chi connectivity index (χ3n) is 1.79. The first kappa shape index (κ1) is 8.11. The number of aromatic nitrogens is 2. The molecule has 2 N–H and O–H groups in total. The minimum Gasteiger partial charge on any atom is -0.382 e. The third kappa shape index (κ3) is 1.97. The van der Waals surface area contributed by atoms with Crippen molar-refractivity contribution < 1.29 is 0 Å². The third-order valence-corrected chi connectivity index (χ3v) is 1.79. The fourth-order valence-electron chi connectivity index (χ4n) is 1.15. The Labute approximate surface area is 67.2 Å². The van der Waals surface area contributed by atoms with Crippen molar-refractivity contribution in [1.82, 2.24) is 9.78 Å². The highest BCUT2D eigenvalue weighted by Crippen LogP contribution is 2.12. The van der Waals surface area contributed by atoms with Crippen LogP contribution in [0.3, 0.4) is 0 Å². The summed E-state index contributed by atoms with van der Waals surface area (Å²) in [6, 6.07) is 2.30. The van der Waals surface area contributed by atoms with Gasteiger partial charge in [-0.25, -0.2) is 0 Å². The van der Waals surface area contributed by atoms with Gasteiger partial charge in [0.15, 0.2) is 0 Å². The van der Waals surface area contributed by atoms with Crippen LogP contribution in [0.25, 0.3) is 0 Å². The molecule has 1 heterocycles. The highest BCUT2D eigenvalue weighted by molar-refractivity contribution is 5.23. The van der Waals surface area contributed by atoms with Crippen molar-refractivity contribution in [3.05, 3.63) is 12.3 Å². The van der Waals surface area contributed by atoms with Crippen molar-refractivity contribution >= 4 is 5.82 Å². The topological polar surface area (TPSA) is 43.8 Å². The van der Waals surface area contributed by atoms with Crippen LogP contribution in [0.4, 0.5) is 5.82 Å². The molecule has 1 rings (SSSR count). The van der Waals surface area contributed by atoms with Gasteiger partial charge in [-0.1, -0.05) is 13.3 Å². The first-order valence-corrected chi connectivity index (χ1v) is 4.04. The van der Waals surface area contributed by atoms with Gasteiger partial charge in [0.05, 0.1) is 0 Å². The number of nitrogen functional groups attached to an aromatic ring is 1. The van der Waals surface area contributed by atoms with Gasteiger partial charge in [-0.2, -0.15) is 5.10 Å². The van der Waals surface area contributed by atoms with E-state index in [1.807, 2.05) is 16.9 Å². The zero-order chi connectivity index (χ0) is 8.27. The van der Waals surface area contributed by atoms with Crippen molar-refractivity contribution in [2.75, 3.05) is 5.73 Å². The predicted octanol–water partition coefficient (Wildman–Crippen LogP) is 1.83. The zero-order valence-corrected chi connectivity index (χ0v) is 7.12. The molecule has 0 spiro atoms. The van der Waals surface area contributed by atoms with Crippen molar-refractivity contribution in [3.63, 3.8) is 0 Å². The van der Waals surface area contributed by atoms with E-state index in [1.54, 1.807) is 0 Å². The fraction of sp³-hybridized carbons (Fsp3) is 0.625. The van der Waals surface area contributed by atoms with E-state index in [4.69, 9.17) is 5.73 Å². The minimum absolute atomic E-state index is 0.470. The minimum atomic E-state index is 0.470. The molecule has 1 unspecified atom stereocenters. The summed E-state index contributed by atoms with van der Waals surface area (Å²) in [5.74, 6) is 0.605. The fourth-order valence-corrected chi connectivity index (χ4v) is 1.15. The maximum absolute atomic E-state index is 5.48. The number of anilines is 1. The summed E-state index contributed by atoms with van der Waals surface area (Å²) in [5.41, 5.74) is 5.48. The molecule has 1 aromatic heterocycles. The molecule has 0 bridgehead atoms. The van der Waals surface area contributed by atoms with E-state index in [9.17, 15) is 0 Å². The first-order valence-electron chi connectivity index (χ1n) is 4.04. The van der Waals surface area contributed by atoms with Gasteiger partial charge in [0, 0.05) is 12.2 Å². The van der Waals surface area contributed by atoms with Crippen molar-refractivity contribution in [3.8, 4) is 0 Å². The molecular formula is C8H15N3. The van der Waals surface area contributed by atoms with Gasteiger partial charge in [-0.15, -0.1) is 0 Å². The van der Waals surface area contributed by atoms with Crippen LogP contribution in [0.15, 0.2) is 12.3 Å². The standard InChI is InChI=1S/C8H15N3/c1-3-4-7(2)11-6-5-8(9)10-11/h5-7H,3-4H2,1-2H3,(H2,9,10). The Morgan fingerprint density at radius 3 is 2.91 bits per heavy atom. The number of hydrogen-bond acceptors (Lipinski definition) is 2. The molecule has 0 aliphatic rings. The average Bonchev–Trinajstić information content (AvgIpc) is 2.36. The lowest BCUT2D eigenvalue weighted by Gasteiger charge is -2.09. The quantitative estimate of drug-likeness (QED) is 0.719. The molecule has 11 heavy (non-hydrogen) atoms. The van der Waals surface area contributed by atoms with E-state index in [-0.39, 0.29) is 0 Å². The van der Waals surface area contributed by atoms with E-state index < -0.39 is 0 Å². The molecule has 0 radical (unpaired) electrons. The van der Waals surface area contributed by atoms with Gasteiger partial charge in [0.25, 0.3) is 0 Å². The molecule has 0 saturated heterocycles. The molecule has 0 fully saturated rings. The van der Waals surface area contributed by atoms with Gasteiger partial charge in [-0.05, 0) is 19.4 Å². The molecule has 3 nitrogen and oxygen atoms in total. The zero-order valence-electron chi connectivity index (χ0n) is 7.12. The van der Waals surface area contributed by atoms with Crippen LogP contribution in [0.2, 0.25) is 0 Å². The van der Waals surface area contributed by atoms with Crippen LogP contribution in [0.5, 0.6) is 0 Å². The molecule has 0 saturated carbocycles. The summed E-state index contributed by atoms with van der Waals surface area (Å²) in [7, 11) is 0. The van der Waals surface area contributed by atoms with Gasteiger partial charge in [0.2, 0.25) is 0 Å². The molecule has 1 aromatic rings. The second-order valence-electron chi connectivity index (χ2n) is 2.86. The monoisotopic (exact) mass is 153 g/mol. The second-order valence-corrected chi connectivity index (χ2v) is 2.86. The van der Waals surface area contributed by atoms with Crippen LogP contribution in [-0.4, -0.2) is 9.78 Å². The predicted molar refractivity (Wildman–Crippen MR) is 46.3 cm³/mol. The van der Waals surface area contributed by atoms with Crippen molar-refractivity contribution in [2.45, 2.75) is 32.7 Å². The summed E-state index contributed by atoms with van der Waals surface area (Å²) in [5, 5.41) is 4.12. The Morgan fingerprint density at radius 2 is 2.45 bits per heavy atom. The lowest BCUT2D eigenvalue weighted by molar-refractivity contribution is 0.456. The van der Waals surface area contributed by atoms with Gasteiger partial charge < -0.3 is 5.73 Å². The highest BCUT2D eigenvalue weighted by Gasteiger charge is 2.02. The number of hydrogen-bond donors (Lipinski definition) is 1. The summed E-state index contributed by atoms with van der Waals surface area (Å²) in [6.45, 7) is 4.32. The van der Waals surface area contributed by atoms with Gasteiger partial charge in [-0.3, -0.25) is 4.68 Å². The van der Waals surface area contributed by atoms with E-state index in [1.165, 1.54) is 6.42 Å². The average molecular weight is 153 g/mol. The number of nitrogens with zero attached hydrogens (tertiary/aromatic N) is 2. The molecule has 0 aliphatic heterocycles. The van der Waals surface area contributed by atoms with Crippen LogP contribution in [0, 0.1) is 0 Å². The molecular weight excluding hydrogens is 138 g/mol. The van der Waals surface area contributed by atoms with E-state index >= 15 is 0 Å². The molecule has 3 heteroatoms. The second kappa shape index (κ2) is 3.42. The Kier molecular flexibility index (Phi) is 2.52. The van der Waals surface area contributed by atoms with E-state index in [0.717, 1.165) is 6.42 Å². The summed E-state index contributed by atoms with van der Waals surface area (Å²) in [6.07, 6.45) is 4.26. The van der Waals surface area contributed by atoms with Crippen molar-refractivity contribution in [2.24, 2.45) is 0 Å². The Morgan fingerprint density at radius 1 is 1.73 bits per heavy atom. The molecule has 0 amide bonds. The van der Waals surface area contributed by atoms with E-state index in [0.29, 0.717) is 11.9 Å². The van der Waals surface area contributed by atoms with E-state index in [2.05, 4.69) is 18.9 Å². The Hall–Kier alpha value is -0.990. The maximum Gasteiger partial charge on any atom is 0.145 e. The lowest BCUT2D eigenvalue weighted by Crippen LogP contribution is -2.05. The van der Waals surface area contributed by atoms with Crippen LogP contribution >= 0.6 is 0 Å². The van der Waals surface area contributed by atoms with Crippen LogP contribution < -0.4 is 5.73 Å². The first-order chi connectivity index (χ1) is 5.24. The maximum atomic E-state index is 5.48. The summed E-state index contributed by atoms with van der Waals surface area (Å²) < 4.78 is 1.92. The molecule has 62 valence electrons. The SMILES string of the molecule is CCCC(C)n1ccc(N)n1. The van der Waals surface area contributed by atoms with Crippen LogP contribution in [-0.2, 0) is 0 Å². The van der Waals surface area contributed by atoms with Crippen molar-refractivity contribution in [1.29, 1.82) is 0 Å². The summed E-state index contributed by atoms with van der Waals surface area (Å²) in [4.78, 5) is 0. The lowest BCUT2D eigenvalue weighted by atomic mass is 10.2. The molecule has 0 aromatic carbocycles. The Balaban J connectivity index is 2.60. The Bertz CT molecular complexity index is 217. The van der Waals surface area contributed by atoms with Gasteiger partial charge >= 0.3 is 0 Å². The number of rotatable bonds is 3. The molecule has 1 atom stereocenters. The molecule has 0 aliphatic carbocycles. The largest absolute Gasteiger partial charge is 0.382 e. The smallest absolute Gasteiger partial charge is 0.145 e. The van der Waals surface area contributed by atoms with Crippen LogP contribution in [0.1, 0.15) is 32.7 Å². The van der Waals surface area contributed by atoms with Gasteiger partial charge in [0.1, 0.15) is 5.82 Å². The summed E-state index contributed by atoms with van der Waals surface area (Å²) >= 11 is 0. The normalized spacial score (nSPS) is 13.3. The highest BCUT2D eigenvalue weighted by atomic mass is 15.3. The number of nitrogens with two attached hydrogens (primary N) is 1.